The van der Waals surface area contributed by atoms with E-state index in [0.717, 1.165) is 61.5 Å². The predicted octanol–water partition coefficient (Wildman–Crippen LogP) is 5.28. The van der Waals surface area contributed by atoms with E-state index in [4.69, 9.17) is 19.4 Å². The number of nitrogens with zero attached hydrogens (tertiary/aromatic N) is 8. The standard InChI is InChI=1S/C38H44N8O3/c1-42-20-13-29-10-7-11-33(34(29)42)43-21-14-31-32(25-43)40-36(49-27-38(15-16-38)45-18-5-6-19-45)41-35(31)44-22-23-46(30(24-44)12-17-39)37(47)48-26-28-8-3-2-4-9-28/h2-4,7-11,13,20,30H,5-6,12,14-16,18-19,21-27H2,1H3/t30-/m0/s1. The molecule has 0 radical (unpaired) electrons. The molecule has 0 bridgehead atoms. The van der Waals surface area contributed by atoms with Gasteiger partial charge in [-0.3, -0.25) is 4.90 Å². The van der Waals surface area contributed by atoms with Crippen molar-refractivity contribution in [2.75, 3.05) is 55.7 Å². The van der Waals surface area contributed by atoms with Crippen LogP contribution in [0.3, 0.4) is 0 Å². The quantitative estimate of drug-likeness (QED) is 0.237. The molecule has 8 rings (SSSR count). The third kappa shape index (κ3) is 6.26. The number of likely N-dealkylation sites (tertiary alicyclic amines) is 1. The summed E-state index contributed by atoms with van der Waals surface area (Å²) in [4.78, 5) is 32.4. The summed E-state index contributed by atoms with van der Waals surface area (Å²) in [5.74, 6) is 0.864. The molecule has 11 heteroatoms. The maximum Gasteiger partial charge on any atom is 0.410 e. The number of hydrogen-bond acceptors (Lipinski definition) is 9. The van der Waals surface area contributed by atoms with Gasteiger partial charge >= 0.3 is 12.1 Å². The van der Waals surface area contributed by atoms with Gasteiger partial charge < -0.3 is 28.7 Å². The summed E-state index contributed by atoms with van der Waals surface area (Å²) in [5.41, 5.74) is 5.55. The van der Waals surface area contributed by atoms with Crippen LogP contribution in [0.15, 0.2) is 60.8 Å². The highest BCUT2D eigenvalue weighted by Crippen LogP contribution is 2.44. The molecule has 0 spiro atoms. The smallest absolute Gasteiger partial charge is 0.410 e. The number of para-hydroxylation sites is 1. The van der Waals surface area contributed by atoms with Gasteiger partial charge in [0, 0.05) is 50.4 Å². The monoisotopic (exact) mass is 660 g/mol. The molecule has 0 unspecified atom stereocenters. The summed E-state index contributed by atoms with van der Waals surface area (Å²) in [5, 5.41) is 11.0. The Morgan fingerprint density at radius 1 is 0.980 bits per heavy atom. The van der Waals surface area contributed by atoms with Gasteiger partial charge in [0.2, 0.25) is 0 Å². The maximum atomic E-state index is 13.3. The van der Waals surface area contributed by atoms with Gasteiger partial charge in [-0.15, -0.1) is 0 Å². The number of anilines is 2. The zero-order valence-corrected chi connectivity index (χ0v) is 28.3. The maximum absolute atomic E-state index is 13.3. The number of carbonyl (C=O) groups is 1. The number of aromatic nitrogens is 3. The van der Waals surface area contributed by atoms with Gasteiger partial charge in [-0.1, -0.05) is 42.5 Å². The number of amides is 1. The molecule has 1 aliphatic carbocycles. The first kappa shape index (κ1) is 31.4. The second-order valence-corrected chi connectivity index (χ2v) is 14.0. The number of nitriles is 1. The third-order valence-corrected chi connectivity index (χ3v) is 10.9. The Balaban J connectivity index is 1.06. The van der Waals surface area contributed by atoms with E-state index >= 15 is 0 Å². The Morgan fingerprint density at radius 3 is 2.61 bits per heavy atom. The number of hydrogen-bond donors (Lipinski definition) is 0. The van der Waals surface area contributed by atoms with Crippen LogP contribution >= 0.6 is 0 Å². The molecule has 254 valence electrons. The summed E-state index contributed by atoms with van der Waals surface area (Å²) in [6.07, 6.45) is 7.52. The minimum Gasteiger partial charge on any atom is -0.461 e. The molecule has 2 aromatic heterocycles. The van der Waals surface area contributed by atoms with Crippen molar-refractivity contribution in [1.82, 2.24) is 24.3 Å². The van der Waals surface area contributed by atoms with Gasteiger partial charge in [-0.2, -0.15) is 15.2 Å². The van der Waals surface area contributed by atoms with Crippen molar-refractivity contribution in [3.8, 4) is 12.1 Å². The lowest BCUT2D eigenvalue weighted by atomic mass is 10.0. The van der Waals surface area contributed by atoms with Crippen LogP contribution in [-0.4, -0.2) is 87.9 Å². The Kier molecular flexibility index (Phi) is 8.50. The van der Waals surface area contributed by atoms with E-state index in [-0.39, 0.29) is 30.7 Å². The molecule has 0 N–H and O–H groups in total. The summed E-state index contributed by atoms with van der Waals surface area (Å²) < 4.78 is 14.4. The number of fused-ring (bicyclic) bond motifs is 2. The lowest BCUT2D eigenvalue weighted by Crippen LogP contribution is -2.55. The Morgan fingerprint density at radius 2 is 1.82 bits per heavy atom. The minimum atomic E-state index is -0.389. The summed E-state index contributed by atoms with van der Waals surface area (Å²) in [6, 6.07) is 20.7. The van der Waals surface area contributed by atoms with E-state index in [0.29, 0.717) is 38.8 Å². The molecule has 3 fully saturated rings. The average molecular weight is 661 g/mol. The fourth-order valence-electron chi connectivity index (χ4n) is 7.97. The summed E-state index contributed by atoms with van der Waals surface area (Å²) in [7, 11) is 2.10. The van der Waals surface area contributed by atoms with Crippen LogP contribution in [0.4, 0.5) is 16.3 Å². The Bertz CT molecular complexity index is 1860. The van der Waals surface area contributed by atoms with Crippen LogP contribution in [0.5, 0.6) is 6.01 Å². The molecule has 5 heterocycles. The van der Waals surface area contributed by atoms with Crippen LogP contribution in [0.1, 0.15) is 48.9 Å². The van der Waals surface area contributed by atoms with Crippen molar-refractivity contribution in [2.45, 2.75) is 63.3 Å². The van der Waals surface area contributed by atoms with E-state index < -0.39 is 0 Å². The van der Waals surface area contributed by atoms with Crippen LogP contribution in [0, 0.1) is 11.3 Å². The second-order valence-electron chi connectivity index (χ2n) is 14.0. The van der Waals surface area contributed by atoms with Gasteiger partial charge in [0.25, 0.3) is 0 Å². The largest absolute Gasteiger partial charge is 0.461 e. The van der Waals surface area contributed by atoms with E-state index in [9.17, 15) is 10.1 Å². The van der Waals surface area contributed by atoms with E-state index in [1.54, 1.807) is 4.90 Å². The van der Waals surface area contributed by atoms with Crippen molar-refractivity contribution in [2.24, 2.45) is 7.05 Å². The van der Waals surface area contributed by atoms with Crippen molar-refractivity contribution >= 4 is 28.5 Å². The second kappa shape index (κ2) is 13.2. The zero-order valence-electron chi connectivity index (χ0n) is 28.3. The minimum absolute atomic E-state index is 0.105. The summed E-state index contributed by atoms with van der Waals surface area (Å²) >= 11 is 0. The van der Waals surface area contributed by atoms with E-state index in [2.05, 4.69) is 62.8 Å². The zero-order chi connectivity index (χ0) is 33.4. The van der Waals surface area contributed by atoms with Gasteiger partial charge in [0.15, 0.2) is 0 Å². The summed E-state index contributed by atoms with van der Waals surface area (Å²) in [6.45, 7) is 6.05. The number of aryl methyl sites for hydroxylation is 1. The lowest BCUT2D eigenvalue weighted by Gasteiger charge is -2.42. The number of benzene rings is 2. The molecule has 1 saturated carbocycles. The molecule has 4 aromatic rings. The van der Waals surface area contributed by atoms with Crippen LogP contribution in [-0.2, 0) is 31.4 Å². The van der Waals surface area contributed by atoms with Crippen molar-refractivity contribution < 1.29 is 14.3 Å². The molecule has 3 aliphatic heterocycles. The highest BCUT2D eigenvalue weighted by atomic mass is 16.6. The molecule has 2 saturated heterocycles. The van der Waals surface area contributed by atoms with Crippen molar-refractivity contribution in [3.63, 3.8) is 0 Å². The van der Waals surface area contributed by atoms with Crippen molar-refractivity contribution in [3.05, 3.63) is 77.6 Å². The van der Waals surface area contributed by atoms with E-state index in [1.807, 2.05) is 30.3 Å². The molecular weight excluding hydrogens is 616 g/mol. The number of carbonyl (C=O) groups excluding carboxylic acids is 1. The SMILES string of the molecule is Cn1ccc2cccc(N3CCc4c(nc(OCC5(N6CCCC6)CC5)nc4N4CCN(C(=O)OCc5ccccc5)[C@@H](CC#N)C4)C3)c21. The van der Waals surface area contributed by atoms with Crippen LogP contribution in [0.2, 0.25) is 0 Å². The molecular formula is C38H44N8O3. The van der Waals surface area contributed by atoms with Gasteiger partial charge in [0.1, 0.15) is 19.0 Å². The number of ether oxygens (including phenoxy) is 2. The first-order chi connectivity index (χ1) is 24.0. The number of piperazine rings is 1. The highest BCUT2D eigenvalue weighted by Gasteiger charge is 2.49. The van der Waals surface area contributed by atoms with Crippen LogP contribution in [0.25, 0.3) is 10.9 Å². The Labute approximate surface area is 287 Å². The highest BCUT2D eigenvalue weighted by molar-refractivity contribution is 5.92. The van der Waals surface area contributed by atoms with Gasteiger partial charge in [-0.05, 0) is 62.9 Å². The van der Waals surface area contributed by atoms with Gasteiger partial charge in [0.05, 0.1) is 47.5 Å². The number of rotatable bonds is 9. The first-order valence-corrected chi connectivity index (χ1v) is 17.7. The first-order valence-electron chi connectivity index (χ1n) is 17.7. The van der Waals surface area contributed by atoms with E-state index in [1.165, 1.54) is 29.4 Å². The fraction of sp³-hybridized carbons (Fsp3) is 0.474. The molecule has 1 amide bonds. The van der Waals surface area contributed by atoms with Crippen LogP contribution < -0.4 is 14.5 Å². The average Bonchev–Trinajstić information content (AvgIpc) is 3.51. The Hall–Kier alpha value is -4.82. The topological polar surface area (TPSA) is 103 Å². The molecule has 2 aromatic carbocycles. The van der Waals surface area contributed by atoms with Crippen molar-refractivity contribution in [1.29, 1.82) is 5.26 Å². The molecule has 49 heavy (non-hydrogen) atoms. The van der Waals surface area contributed by atoms with Gasteiger partial charge in [-0.25, -0.2) is 4.79 Å². The lowest BCUT2D eigenvalue weighted by molar-refractivity contribution is 0.0767. The molecule has 11 nitrogen and oxygen atoms in total. The molecule has 1 atom stereocenters. The normalized spacial score (nSPS) is 20.2. The molecule has 4 aliphatic rings. The predicted molar refractivity (Wildman–Crippen MR) is 188 cm³/mol. The fourth-order valence-corrected chi connectivity index (χ4v) is 7.97. The third-order valence-electron chi connectivity index (χ3n) is 10.9.